The number of aliphatic carboxylic acids is 8. The van der Waals surface area contributed by atoms with Crippen LogP contribution in [0.4, 0.5) is 0 Å². The van der Waals surface area contributed by atoms with Crippen molar-refractivity contribution in [2.75, 3.05) is 81.3 Å². The molecule has 520 valence electrons. The predicted molar refractivity (Wildman–Crippen MR) is 326 cm³/mol. The van der Waals surface area contributed by atoms with Crippen molar-refractivity contribution in [3.8, 4) is 69.0 Å². The summed E-state index contributed by atoms with van der Waals surface area (Å²) in [6.45, 7) is -9.87. The zero-order chi connectivity index (χ0) is 71.9. The molecule has 0 saturated carbocycles. The van der Waals surface area contributed by atoms with E-state index in [-0.39, 0.29) is 326 Å². The number of hydrogen-bond acceptors (Lipinski definition) is 28. The molecule has 28 nitrogen and oxygen atoms in total. The summed E-state index contributed by atoms with van der Waals surface area (Å²) in [5.41, 5.74) is -0.248. The molecule has 0 N–H and O–H groups in total. The van der Waals surface area contributed by atoms with E-state index >= 15 is 0 Å². The van der Waals surface area contributed by atoms with Gasteiger partial charge < -0.3 is 136 Å². The van der Waals surface area contributed by atoms with Gasteiger partial charge >= 0.3 is 236 Å². The van der Waals surface area contributed by atoms with Crippen molar-refractivity contribution in [2.24, 2.45) is 0 Å². The number of rotatable bonds is 32. The third kappa shape index (κ3) is 26.6. The van der Waals surface area contributed by atoms with Crippen LogP contribution in [-0.4, -0.2) is 129 Å². The molecule has 0 amide bonds. The molecule has 0 saturated heterocycles. The third-order valence-corrected chi connectivity index (χ3v) is 15.6. The van der Waals surface area contributed by atoms with Gasteiger partial charge in [0.15, 0.2) is 0 Å². The number of hydrogen-bond donors (Lipinski definition) is 0. The van der Waals surface area contributed by atoms with Gasteiger partial charge in [0.1, 0.15) is 122 Å². The molecule has 1 aliphatic carbocycles. The number of carboxylic acids is 8. The molecule has 0 atom stereocenters. The molecule has 8 bridgehead atoms. The first-order valence-electron chi connectivity index (χ1n) is 29.9. The average molecular weight is 1550 g/mol. The maximum Gasteiger partial charge on any atom is 1.00 e. The Morgan fingerprint density at radius 2 is 0.343 bits per heavy atom. The average Bonchev–Trinajstić information content (AvgIpc) is 0.735. The van der Waals surface area contributed by atoms with Crippen LogP contribution in [0.15, 0.2) is 146 Å². The second kappa shape index (κ2) is 48.2. The fraction of sp³-hybridized carbons (Fsp3) is 0.222. The van der Waals surface area contributed by atoms with Gasteiger partial charge in [-0.05, 0) is 95.1 Å². The summed E-state index contributed by atoms with van der Waals surface area (Å²) in [4.78, 5) is 101. The molecule has 108 heavy (non-hydrogen) atoms. The van der Waals surface area contributed by atoms with Gasteiger partial charge in [0, 0.05) is 92.4 Å². The van der Waals surface area contributed by atoms with Crippen molar-refractivity contribution in [1.82, 2.24) is 0 Å². The largest absolute Gasteiger partial charge is 1.00 e. The van der Waals surface area contributed by atoms with E-state index in [0.29, 0.717) is 0 Å². The summed E-state index contributed by atoms with van der Waals surface area (Å²) < 4.78 is 71.3. The Morgan fingerprint density at radius 3 is 0.444 bits per heavy atom. The smallest absolute Gasteiger partial charge is 0.546 e. The Labute approximate surface area is 795 Å². The van der Waals surface area contributed by atoms with E-state index in [4.69, 9.17) is 56.8 Å². The number of carbonyl (C=O) groups is 8. The van der Waals surface area contributed by atoms with E-state index in [1.54, 1.807) is 0 Å². The van der Waals surface area contributed by atoms with Gasteiger partial charge in [0.2, 0.25) is 0 Å². The van der Waals surface area contributed by atoms with Gasteiger partial charge in [0.25, 0.3) is 0 Å². The summed E-state index contributed by atoms with van der Waals surface area (Å²) in [6.07, 6.45) is 0. The van der Waals surface area contributed by atoms with Crippen molar-refractivity contribution in [1.29, 1.82) is 0 Å². The SMILES string of the molecule is COc1ccc(C2c3cc(c(OCC(=O)[O-])cc3OCC(=O)[O-])C(c3ccc(OC)cc3)c3cc(c(OCC(=O)[O-])cc3OCC(=O)[O-])C(c3ccc(OC)cc3)c3cc(c(OCC(=O)[O-])cc3OCC(=O)[O-])C(c3ccc(OC)cc3)c3cc2c(OCC(=O)[O-])cc3OCC(=O)[O-])cc1.[Na+].[Na+].[Na+].[Na+].[Na+].[Na+].[Na+].[Na+]. The van der Waals surface area contributed by atoms with Crippen LogP contribution >= 0.6 is 0 Å². The van der Waals surface area contributed by atoms with Crippen molar-refractivity contribution in [2.45, 2.75) is 23.7 Å². The number of carboxylic acid groups (broad SMARTS) is 8. The van der Waals surface area contributed by atoms with Crippen molar-refractivity contribution >= 4 is 47.8 Å². The zero-order valence-corrected chi connectivity index (χ0v) is 77.3. The van der Waals surface area contributed by atoms with Crippen LogP contribution in [-0.2, 0) is 38.4 Å². The van der Waals surface area contributed by atoms with Crippen LogP contribution in [0.3, 0.4) is 0 Å². The Kier molecular flexibility index (Phi) is 45.2. The maximum atomic E-state index is 12.7. The van der Waals surface area contributed by atoms with Gasteiger partial charge in [-0.3, -0.25) is 0 Å². The van der Waals surface area contributed by atoms with Crippen LogP contribution in [0.5, 0.6) is 69.0 Å². The maximum absolute atomic E-state index is 12.7. The molecule has 0 spiro atoms. The van der Waals surface area contributed by atoms with Gasteiger partial charge in [-0.15, -0.1) is 0 Å². The normalized spacial score (nSPS) is 13.3. The molecular formula is C72H56Na8O28. The Morgan fingerprint density at radius 1 is 0.222 bits per heavy atom. The second-order valence-corrected chi connectivity index (χ2v) is 21.8. The number of ether oxygens (including phenoxy) is 12. The van der Waals surface area contributed by atoms with Crippen LogP contribution in [0.2, 0.25) is 0 Å². The van der Waals surface area contributed by atoms with E-state index in [2.05, 4.69) is 0 Å². The minimum atomic E-state index is -1.79. The molecule has 0 radical (unpaired) electrons. The molecule has 0 heterocycles. The van der Waals surface area contributed by atoms with Crippen LogP contribution in [0, 0.1) is 0 Å². The first-order chi connectivity index (χ1) is 48.0. The Balaban J connectivity index is 0.00000729. The number of benzene rings is 8. The number of carbonyl (C=O) groups excluding carboxylic acids is 8. The summed E-state index contributed by atoms with van der Waals surface area (Å²) in [6, 6.07) is 34.2. The molecule has 0 aromatic heterocycles. The minimum absolute atomic E-state index is 0. The van der Waals surface area contributed by atoms with Gasteiger partial charge in [-0.2, -0.15) is 0 Å². The van der Waals surface area contributed by atoms with E-state index in [1.165, 1.54) is 150 Å². The van der Waals surface area contributed by atoms with Crippen LogP contribution in [0.1, 0.15) is 90.4 Å². The van der Waals surface area contributed by atoms with Gasteiger partial charge in [-0.25, -0.2) is 0 Å². The number of methoxy groups -OCH3 is 4. The van der Waals surface area contributed by atoms with Crippen molar-refractivity contribution in [3.63, 3.8) is 0 Å². The van der Waals surface area contributed by atoms with E-state index in [1.807, 2.05) is 0 Å². The summed E-state index contributed by atoms with van der Waals surface area (Å²) >= 11 is 0. The monoisotopic (exact) mass is 1550 g/mol. The molecular weight excluding hydrogens is 1500 g/mol. The predicted octanol–water partition coefficient (Wildman–Crippen LogP) is -26.2. The molecule has 36 heteroatoms. The molecule has 0 unspecified atom stereocenters. The van der Waals surface area contributed by atoms with E-state index < -0.39 is 170 Å². The van der Waals surface area contributed by atoms with Crippen molar-refractivity contribution < 1.29 is 373 Å². The van der Waals surface area contributed by atoms with Crippen LogP contribution in [0.25, 0.3) is 0 Å². The minimum Gasteiger partial charge on any atom is -0.546 e. The molecule has 8 aromatic carbocycles. The topological polar surface area (TPSA) is 432 Å². The Bertz CT molecular complexity index is 3680. The first kappa shape index (κ1) is 101. The van der Waals surface area contributed by atoms with E-state index in [9.17, 15) is 79.2 Å². The summed E-state index contributed by atoms with van der Waals surface area (Å²) in [5, 5.41) is 101. The third-order valence-electron chi connectivity index (χ3n) is 15.6. The van der Waals surface area contributed by atoms with Gasteiger partial charge in [0.05, 0.1) is 76.2 Å². The first-order valence-corrected chi connectivity index (χ1v) is 29.9. The zero-order valence-electron chi connectivity index (χ0n) is 61.3. The second-order valence-electron chi connectivity index (χ2n) is 21.8. The van der Waals surface area contributed by atoms with Gasteiger partial charge in [-0.1, -0.05) is 48.5 Å². The van der Waals surface area contributed by atoms with E-state index in [0.717, 1.165) is 24.3 Å². The molecule has 9 rings (SSSR count). The summed E-state index contributed by atoms with van der Waals surface area (Å²) in [5.74, 6) is -22.9. The Hall–Kier alpha value is -4.88. The fourth-order valence-corrected chi connectivity index (χ4v) is 11.6. The molecule has 1 aliphatic rings. The van der Waals surface area contributed by atoms with Crippen molar-refractivity contribution in [3.05, 3.63) is 212 Å². The number of fused-ring (bicyclic) bond motifs is 8. The summed E-state index contributed by atoms with van der Waals surface area (Å²) in [7, 11) is 5.46. The fourth-order valence-electron chi connectivity index (χ4n) is 11.6. The molecule has 0 aliphatic heterocycles. The quantitative estimate of drug-likeness (QED) is 0.0353. The standard InChI is InChI=1S/C72H64O28.8Na/c1-89-41-13-5-37(6-14-41)69-45-21-47(55(95-31-63(77)78)25-53(45)93-29-61(73)74)70(38-7-15-42(90-2)16-8-38)49-23-51(59(99-35-67(85)86)27-57(49)97-33-65(81)82)72(40-11-19-44(92-4)20-12-40)52-24-50(58(98-34-66(83)84)28-60(52)100-36-68(87)88)71(39-9-17-43(91-3)18-10-39)48-22-46(69)54(94-30-62(75)76)26-56(48)96-32-64(79)80;;;;;;;;/h5-28,69-72H,29-36H2,1-4H3,(H,73,74)(H,75,76)(H,77,78)(H,79,80)(H,81,82)(H,83,84)(H,85,86)(H,87,88);;;;;;;;/q;8*+1/p-8. The molecule has 0 fully saturated rings. The molecule has 8 aromatic rings. The van der Waals surface area contributed by atoms with Crippen LogP contribution < -0.4 is 334 Å².